The topological polar surface area (TPSA) is 52.6 Å². The summed E-state index contributed by atoms with van der Waals surface area (Å²) >= 11 is 6.38. The van der Waals surface area contributed by atoms with E-state index in [4.69, 9.17) is 21.1 Å². The van der Waals surface area contributed by atoms with Crippen molar-refractivity contribution in [2.75, 3.05) is 0 Å². The van der Waals surface area contributed by atoms with Crippen LogP contribution in [0.5, 0.6) is 11.5 Å². The number of halogens is 1. The van der Waals surface area contributed by atoms with Crippen LogP contribution in [-0.2, 0) is 22.4 Å². The van der Waals surface area contributed by atoms with Gasteiger partial charge in [-0.25, -0.2) is 4.79 Å². The molecule has 3 rings (SSSR count). The fourth-order valence-electron chi connectivity index (χ4n) is 3.30. The zero-order valence-corrected chi connectivity index (χ0v) is 15.9. The molecule has 0 spiro atoms. The minimum atomic E-state index is -0.481. The minimum Gasteiger partial charge on any atom is -0.426 e. The quantitative estimate of drug-likeness (QED) is 0.340. The summed E-state index contributed by atoms with van der Waals surface area (Å²) in [6, 6.07) is 5.76. The Kier molecular flexibility index (Phi) is 5.05. The highest BCUT2D eigenvalue weighted by atomic mass is 35.5. The van der Waals surface area contributed by atoms with Crippen LogP contribution in [0.1, 0.15) is 37.0 Å². The molecule has 1 atom stereocenters. The van der Waals surface area contributed by atoms with E-state index in [0.717, 1.165) is 33.9 Å². The molecule has 0 radical (unpaired) electrons. The van der Waals surface area contributed by atoms with Gasteiger partial charge in [0.05, 0.1) is 0 Å². The van der Waals surface area contributed by atoms with Crippen LogP contribution in [-0.4, -0.2) is 17.3 Å². The number of ether oxygens (including phenoxy) is 2. The molecule has 0 fully saturated rings. The number of rotatable bonds is 3. The number of hydrogen-bond donors (Lipinski definition) is 0. The molecule has 1 unspecified atom stereocenters. The fraction of sp³-hybridized carbons (Fsp3) is 0.333. The number of esters is 2. The SMILES string of the molecule is C=C(C)C(=O)Oc1c2c(c(OC(C)=O)c3cc(C)ccc13)CCC(Cl)C2. The first-order chi connectivity index (χ1) is 12.3. The monoisotopic (exact) mass is 372 g/mol. The maximum atomic E-state index is 12.2. The van der Waals surface area contributed by atoms with E-state index in [2.05, 4.69) is 6.58 Å². The molecule has 0 bridgehead atoms. The average molecular weight is 373 g/mol. The van der Waals surface area contributed by atoms with Gasteiger partial charge in [0.25, 0.3) is 0 Å². The van der Waals surface area contributed by atoms with E-state index in [1.54, 1.807) is 6.92 Å². The van der Waals surface area contributed by atoms with Crippen LogP contribution in [0, 0.1) is 6.92 Å². The van der Waals surface area contributed by atoms with Gasteiger partial charge in [-0.1, -0.05) is 24.3 Å². The molecule has 2 aromatic carbocycles. The van der Waals surface area contributed by atoms with Crippen molar-refractivity contribution in [3.8, 4) is 11.5 Å². The second-order valence-electron chi connectivity index (χ2n) is 6.77. The molecule has 136 valence electrons. The average Bonchev–Trinajstić information content (AvgIpc) is 2.57. The van der Waals surface area contributed by atoms with Crippen LogP contribution in [0.25, 0.3) is 10.8 Å². The Hall–Kier alpha value is -2.33. The summed E-state index contributed by atoms with van der Waals surface area (Å²) in [4.78, 5) is 23.9. The van der Waals surface area contributed by atoms with Crippen molar-refractivity contribution < 1.29 is 19.1 Å². The standard InChI is InChI=1S/C21H21ClO4/c1-11(2)21(24)26-20-15-7-5-12(3)9-17(15)19(25-13(4)23)16-8-6-14(22)10-18(16)20/h5,7,9,14H,1,6,8,10H2,2-4H3. The molecular weight excluding hydrogens is 352 g/mol. The van der Waals surface area contributed by atoms with E-state index in [1.807, 2.05) is 25.1 Å². The first kappa shape index (κ1) is 18.5. The Bertz CT molecular complexity index is 929. The number of hydrogen-bond acceptors (Lipinski definition) is 4. The molecule has 0 saturated carbocycles. The molecule has 0 aromatic heterocycles. The molecule has 0 N–H and O–H groups in total. The largest absolute Gasteiger partial charge is 0.426 e. The van der Waals surface area contributed by atoms with Gasteiger partial charge in [-0.2, -0.15) is 0 Å². The zero-order valence-electron chi connectivity index (χ0n) is 15.1. The van der Waals surface area contributed by atoms with Gasteiger partial charge < -0.3 is 9.47 Å². The van der Waals surface area contributed by atoms with E-state index in [0.29, 0.717) is 29.9 Å². The lowest BCUT2D eigenvalue weighted by Gasteiger charge is -2.26. The minimum absolute atomic E-state index is 0.0575. The Labute approximate surface area is 157 Å². The molecule has 0 heterocycles. The summed E-state index contributed by atoms with van der Waals surface area (Å²) in [5, 5.41) is 1.43. The number of carbonyl (C=O) groups is 2. The van der Waals surface area contributed by atoms with Gasteiger partial charge in [0.15, 0.2) is 0 Å². The van der Waals surface area contributed by atoms with Gasteiger partial charge in [0.2, 0.25) is 0 Å². The highest BCUT2D eigenvalue weighted by Gasteiger charge is 2.29. The maximum absolute atomic E-state index is 12.2. The fourth-order valence-corrected chi connectivity index (χ4v) is 3.57. The lowest BCUT2D eigenvalue weighted by molar-refractivity contribution is -0.132. The molecule has 1 aliphatic carbocycles. The molecule has 1 aliphatic rings. The van der Waals surface area contributed by atoms with Crippen molar-refractivity contribution in [2.24, 2.45) is 0 Å². The van der Waals surface area contributed by atoms with Crippen molar-refractivity contribution >= 4 is 34.3 Å². The highest BCUT2D eigenvalue weighted by Crippen LogP contribution is 2.45. The van der Waals surface area contributed by atoms with Gasteiger partial charge in [-0.05, 0) is 39.2 Å². The van der Waals surface area contributed by atoms with Crippen molar-refractivity contribution in [3.05, 3.63) is 47.0 Å². The molecule has 4 nitrogen and oxygen atoms in total. The zero-order chi connectivity index (χ0) is 19.0. The first-order valence-electron chi connectivity index (χ1n) is 8.56. The summed E-state index contributed by atoms with van der Waals surface area (Å²) in [5.74, 6) is 0.176. The van der Waals surface area contributed by atoms with Gasteiger partial charge in [0.1, 0.15) is 11.5 Å². The molecule has 5 heteroatoms. The predicted octanol–water partition coefficient (Wildman–Crippen LogP) is 4.65. The Balaban J connectivity index is 2.34. The number of benzene rings is 2. The Morgan fingerprint density at radius 3 is 2.46 bits per heavy atom. The molecule has 0 aliphatic heterocycles. The molecule has 0 amide bonds. The molecule has 26 heavy (non-hydrogen) atoms. The van der Waals surface area contributed by atoms with E-state index in [-0.39, 0.29) is 11.3 Å². The van der Waals surface area contributed by atoms with Gasteiger partial charge in [-0.15, -0.1) is 11.6 Å². The van der Waals surface area contributed by atoms with E-state index >= 15 is 0 Å². The summed E-state index contributed by atoms with van der Waals surface area (Å²) in [6.07, 6.45) is 1.98. The van der Waals surface area contributed by atoms with Crippen LogP contribution in [0.4, 0.5) is 0 Å². The summed E-state index contributed by atoms with van der Waals surface area (Å²) in [5.41, 5.74) is 3.06. The normalized spacial score (nSPS) is 16.1. The van der Waals surface area contributed by atoms with Gasteiger partial charge >= 0.3 is 11.9 Å². The Morgan fingerprint density at radius 1 is 1.12 bits per heavy atom. The van der Waals surface area contributed by atoms with Gasteiger partial charge in [-0.3, -0.25) is 4.79 Å². The first-order valence-corrected chi connectivity index (χ1v) is 8.99. The lowest BCUT2D eigenvalue weighted by Crippen LogP contribution is -2.19. The van der Waals surface area contributed by atoms with Crippen LogP contribution in [0.3, 0.4) is 0 Å². The van der Waals surface area contributed by atoms with Gasteiger partial charge in [0, 0.05) is 39.8 Å². The number of carbonyl (C=O) groups excluding carboxylic acids is 2. The lowest BCUT2D eigenvalue weighted by atomic mass is 9.86. The number of aryl methyl sites for hydroxylation is 1. The summed E-state index contributed by atoms with van der Waals surface area (Å²) in [6.45, 7) is 8.62. The van der Waals surface area contributed by atoms with E-state index < -0.39 is 5.97 Å². The third-order valence-corrected chi connectivity index (χ3v) is 4.87. The predicted molar refractivity (Wildman–Crippen MR) is 102 cm³/mol. The highest BCUT2D eigenvalue weighted by molar-refractivity contribution is 6.21. The molecular formula is C21H21ClO4. The maximum Gasteiger partial charge on any atom is 0.338 e. The van der Waals surface area contributed by atoms with Crippen molar-refractivity contribution in [1.82, 2.24) is 0 Å². The Morgan fingerprint density at radius 2 is 1.81 bits per heavy atom. The molecule has 0 saturated heterocycles. The molecule has 2 aromatic rings. The van der Waals surface area contributed by atoms with Crippen molar-refractivity contribution in [3.63, 3.8) is 0 Å². The van der Waals surface area contributed by atoms with Crippen LogP contribution in [0.15, 0.2) is 30.4 Å². The van der Waals surface area contributed by atoms with Crippen LogP contribution >= 0.6 is 11.6 Å². The van der Waals surface area contributed by atoms with E-state index in [1.165, 1.54) is 6.92 Å². The third-order valence-electron chi connectivity index (χ3n) is 4.50. The number of fused-ring (bicyclic) bond motifs is 2. The third kappa shape index (κ3) is 3.47. The summed E-state index contributed by atoms with van der Waals surface area (Å²) in [7, 11) is 0. The van der Waals surface area contributed by atoms with Crippen molar-refractivity contribution in [2.45, 2.75) is 45.4 Å². The van der Waals surface area contributed by atoms with Crippen LogP contribution in [0.2, 0.25) is 0 Å². The second-order valence-corrected chi connectivity index (χ2v) is 7.39. The van der Waals surface area contributed by atoms with Crippen LogP contribution < -0.4 is 9.47 Å². The number of alkyl halides is 1. The second kappa shape index (κ2) is 7.12. The van der Waals surface area contributed by atoms with Crippen molar-refractivity contribution in [1.29, 1.82) is 0 Å². The smallest absolute Gasteiger partial charge is 0.338 e. The van der Waals surface area contributed by atoms with E-state index in [9.17, 15) is 9.59 Å². The summed E-state index contributed by atoms with van der Waals surface area (Å²) < 4.78 is 11.3.